The van der Waals surface area contributed by atoms with Crippen LogP contribution in [-0.2, 0) is 0 Å². The van der Waals surface area contributed by atoms with Crippen LogP contribution in [0.1, 0.15) is 44.2 Å². The molecule has 5 heteroatoms. The minimum absolute atomic E-state index is 0.189. The largest absolute Gasteiger partial charge is 0.458 e. The molecule has 106 valence electrons. The third-order valence-electron chi connectivity index (χ3n) is 3.80. The lowest BCUT2D eigenvalue weighted by atomic mass is 9.75. The van der Waals surface area contributed by atoms with E-state index in [9.17, 15) is 4.79 Å². The van der Waals surface area contributed by atoms with Gasteiger partial charge in [0.05, 0.1) is 10.7 Å². The molecule has 1 aliphatic heterocycles. The molecule has 0 saturated carbocycles. The van der Waals surface area contributed by atoms with Crippen molar-refractivity contribution < 1.29 is 9.21 Å². The van der Waals surface area contributed by atoms with Crippen LogP contribution in [0.5, 0.6) is 0 Å². The SMILES string of the molecule is CC(C)(C)C1CCN(NC(=O)c2occc2Br)CC1. The zero-order valence-electron chi connectivity index (χ0n) is 11.7. The van der Waals surface area contributed by atoms with Crippen LogP contribution < -0.4 is 5.43 Å². The first-order valence-corrected chi connectivity index (χ1v) is 7.46. The molecule has 1 aromatic rings. The highest BCUT2D eigenvalue weighted by Crippen LogP contribution is 2.33. The van der Waals surface area contributed by atoms with Gasteiger partial charge in [-0.25, -0.2) is 5.01 Å². The van der Waals surface area contributed by atoms with Crippen molar-refractivity contribution in [2.75, 3.05) is 13.1 Å². The highest BCUT2D eigenvalue weighted by atomic mass is 79.9. The summed E-state index contributed by atoms with van der Waals surface area (Å²) >= 11 is 3.29. The van der Waals surface area contributed by atoms with Crippen LogP contribution in [0.2, 0.25) is 0 Å². The molecule has 0 atom stereocenters. The Morgan fingerprint density at radius 2 is 2.05 bits per heavy atom. The Hall–Kier alpha value is -0.810. The fourth-order valence-corrected chi connectivity index (χ4v) is 2.89. The van der Waals surface area contributed by atoms with E-state index in [4.69, 9.17) is 4.42 Å². The van der Waals surface area contributed by atoms with Crippen molar-refractivity contribution in [3.63, 3.8) is 0 Å². The number of nitrogens with zero attached hydrogens (tertiary/aromatic N) is 1. The molecule has 2 rings (SSSR count). The van der Waals surface area contributed by atoms with Crippen molar-refractivity contribution >= 4 is 21.8 Å². The first-order valence-electron chi connectivity index (χ1n) is 6.67. The lowest BCUT2D eigenvalue weighted by Gasteiger charge is -2.38. The number of amides is 1. The Morgan fingerprint density at radius 3 is 2.53 bits per heavy atom. The van der Waals surface area contributed by atoms with Crippen molar-refractivity contribution in [2.45, 2.75) is 33.6 Å². The molecule has 4 nitrogen and oxygen atoms in total. The third kappa shape index (κ3) is 3.60. The van der Waals surface area contributed by atoms with Crippen molar-refractivity contribution in [1.29, 1.82) is 0 Å². The Labute approximate surface area is 122 Å². The average Bonchev–Trinajstić information content (AvgIpc) is 2.75. The maximum atomic E-state index is 12.0. The summed E-state index contributed by atoms with van der Waals surface area (Å²) in [6, 6.07) is 1.72. The van der Waals surface area contributed by atoms with Crippen LogP contribution >= 0.6 is 15.9 Å². The minimum atomic E-state index is -0.189. The molecule has 19 heavy (non-hydrogen) atoms. The molecule has 0 radical (unpaired) electrons. The standard InChI is InChI=1S/C14H21BrN2O2/c1-14(2,3)10-4-7-17(8-5-10)16-13(18)12-11(15)6-9-19-12/h6,9-10H,4-5,7-8H2,1-3H3,(H,16,18). The number of piperidine rings is 1. The number of nitrogens with one attached hydrogen (secondary N) is 1. The van der Waals surface area contributed by atoms with Crippen LogP contribution in [0.3, 0.4) is 0 Å². The van der Waals surface area contributed by atoms with Gasteiger partial charge in [-0.1, -0.05) is 20.8 Å². The lowest BCUT2D eigenvalue weighted by Crippen LogP contribution is -2.48. The van der Waals surface area contributed by atoms with Crippen molar-refractivity contribution in [3.05, 3.63) is 22.6 Å². The molecule has 0 aliphatic carbocycles. The van der Waals surface area contributed by atoms with Gasteiger partial charge in [0.1, 0.15) is 0 Å². The predicted molar refractivity (Wildman–Crippen MR) is 77.6 cm³/mol. The maximum absolute atomic E-state index is 12.0. The summed E-state index contributed by atoms with van der Waals surface area (Å²) in [7, 11) is 0. The zero-order valence-corrected chi connectivity index (χ0v) is 13.3. The summed E-state index contributed by atoms with van der Waals surface area (Å²) < 4.78 is 5.85. The molecule has 2 heterocycles. The van der Waals surface area contributed by atoms with E-state index in [0.717, 1.165) is 31.8 Å². The number of hydrogen-bond acceptors (Lipinski definition) is 3. The van der Waals surface area contributed by atoms with Crippen LogP contribution in [0.15, 0.2) is 21.2 Å². The number of carbonyl (C=O) groups excluding carboxylic acids is 1. The quantitative estimate of drug-likeness (QED) is 0.904. The van der Waals surface area contributed by atoms with Gasteiger partial charge in [-0.3, -0.25) is 10.2 Å². The van der Waals surface area contributed by atoms with E-state index in [1.165, 1.54) is 6.26 Å². The van der Waals surface area contributed by atoms with Crippen LogP contribution in [0.4, 0.5) is 0 Å². The van der Waals surface area contributed by atoms with Crippen LogP contribution in [0, 0.1) is 11.3 Å². The lowest BCUT2D eigenvalue weighted by molar-refractivity contribution is 0.0554. The molecule has 0 bridgehead atoms. The maximum Gasteiger partial charge on any atom is 0.302 e. The molecular formula is C14H21BrN2O2. The van der Waals surface area contributed by atoms with Gasteiger partial charge in [0.15, 0.2) is 0 Å². The molecule has 1 fully saturated rings. The monoisotopic (exact) mass is 328 g/mol. The van der Waals surface area contributed by atoms with Gasteiger partial charge in [0, 0.05) is 13.1 Å². The Kier molecular flexibility index (Phi) is 4.36. The molecular weight excluding hydrogens is 308 g/mol. The summed E-state index contributed by atoms with van der Waals surface area (Å²) in [6.45, 7) is 8.64. The van der Waals surface area contributed by atoms with Gasteiger partial charge in [0.25, 0.3) is 0 Å². The van der Waals surface area contributed by atoms with E-state index >= 15 is 0 Å². The second-order valence-electron chi connectivity index (χ2n) is 6.17. The van der Waals surface area contributed by atoms with Gasteiger partial charge < -0.3 is 4.42 Å². The fraction of sp³-hybridized carbons (Fsp3) is 0.643. The Morgan fingerprint density at radius 1 is 1.42 bits per heavy atom. The van der Waals surface area contributed by atoms with Crippen molar-refractivity contribution in [2.24, 2.45) is 11.3 Å². The second-order valence-corrected chi connectivity index (χ2v) is 7.02. The van der Waals surface area contributed by atoms with Gasteiger partial charge in [-0.15, -0.1) is 0 Å². The van der Waals surface area contributed by atoms with Gasteiger partial charge >= 0.3 is 5.91 Å². The molecule has 1 N–H and O–H groups in total. The number of hydrazine groups is 1. The van der Waals surface area contributed by atoms with E-state index in [1.807, 2.05) is 5.01 Å². The summed E-state index contributed by atoms with van der Waals surface area (Å²) in [4.78, 5) is 12.0. The van der Waals surface area contributed by atoms with Crippen molar-refractivity contribution in [1.82, 2.24) is 10.4 Å². The summed E-state index contributed by atoms with van der Waals surface area (Å²) in [5.41, 5.74) is 3.25. The first-order chi connectivity index (χ1) is 8.88. The Bertz CT molecular complexity index is 443. The third-order valence-corrected chi connectivity index (χ3v) is 4.43. The molecule has 1 aliphatic rings. The van der Waals surface area contributed by atoms with Crippen LogP contribution in [-0.4, -0.2) is 24.0 Å². The number of furan rings is 1. The van der Waals surface area contributed by atoms with Crippen LogP contribution in [0.25, 0.3) is 0 Å². The zero-order chi connectivity index (χ0) is 14.0. The highest BCUT2D eigenvalue weighted by Gasteiger charge is 2.29. The molecule has 0 spiro atoms. The topological polar surface area (TPSA) is 45.5 Å². The smallest absolute Gasteiger partial charge is 0.302 e. The van der Waals surface area contributed by atoms with Gasteiger partial charge in [0.2, 0.25) is 5.76 Å². The van der Waals surface area contributed by atoms with E-state index in [-0.39, 0.29) is 5.91 Å². The van der Waals surface area contributed by atoms with Gasteiger partial charge in [-0.2, -0.15) is 0 Å². The summed E-state index contributed by atoms with van der Waals surface area (Å²) in [5.74, 6) is 0.861. The number of rotatable bonds is 2. The normalized spacial score (nSPS) is 18.5. The van der Waals surface area contributed by atoms with E-state index < -0.39 is 0 Å². The highest BCUT2D eigenvalue weighted by molar-refractivity contribution is 9.10. The molecule has 1 aromatic heterocycles. The minimum Gasteiger partial charge on any atom is -0.458 e. The first kappa shape index (κ1) is 14.6. The fourth-order valence-electron chi connectivity index (χ4n) is 2.51. The number of hydrogen-bond donors (Lipinski definition) is 1. The Balaban J connectivity index is 1.86. The van der Waals surface area contributed by atoms with Gasteiger partial charge in [-0.05, 0) is 46.2 Å². The summed E-state index contributed by atoms with van der Waals surface area (Å²) in [6.07, 6.45) is 3.73. The number of halogens is 1. The van der Waals surface area contributed by atoms with E-state index in [2.05, 4.69) is 42.1 Å². The molecule has 1 saturated heterocycles. The average molecular weight is 329 g/mol. The second kappa shape index (κ2) is 5.67. The predicted octanol–water partition coefficient (Wildman–Crippen LogP) is 3.45. The number of carbonyl (C=O) groups is 1. The molecule has 0 unspecified atom stereocenters. The molecule has 0 aromatic carbocycles. The summed E-state index contributed by atoms with van der Waals surface area (Å²) in [5, 5.41) is 1.99. The van der Waals surface area contributed by atoms with E-state index in [1.54, 1.807) is 6.07 Å². The van der Waals surface area contributed by atoms with Crippen molar-refractivity contribution in [3.8, 4) is 0 Å². The van der Waals surface area contributed by atoms with E-state index in [0.29, 0.717) is 15.6 Å². The molecule has 1 amide bonds.